The summed E-state index contributed by atoms with van der Waals surface area (Å²) in [6.45, 7) is 16.5. The zero-order valence-electron chi connectivity index (χ0n) is 28.3. The Hall–Kier alpha value is -3.19. The largest absolute Gasteiger partial charge is 0.444 e. The summed E-state index contributed by atoms with van der Waals surface area (Å²) in [5.41, 5.74) is 3.16. The number of alkyl carbamates (subject to hydrolysis) is 1. The van der Waals surface area contributed by atoms with E-state index in [1.165, 1.54) is 37.2 Å². The zero-order valence-corrected chi connectivity index (χ0v) is 28.3. The number of nitrogens with zero attached hydrogens (tertiary/aromatic N) is 4. The summed E-state index contributed by atoms with van der Waals surface area (Å²) in [5, 5.41) is 9.74. The van der Waals surface area contributed by atoms with Gasteiger partial charge < -0.3 is 44.7 Å². The van der Waals surface area contributed by atoms with Gasteiger partial charge in [0.2, 0.25) is 5.95 Å². The van der Waals surface area contributed by atoms with Gasteiger partial charge in [-0.25, -0.2) is 9.78 Å². The number of anilines is 3. The highest BCUT2D eigenvalue weighted by Crippen LogP contribution is 2.23. The molecule has 256 valence electrons. The Balaban J connectivity index is 1.03. The van der Waals surface area contributed by atoms with Gasteiger partial charge in [0.05, 0.1) is 39.6 Å². The standard InChI is InChI=1S/C34H55N7O5/c1-27-24-31(41-16-10-29(11-17-41)37-26-28-8-7-9-30(25-28)40-14-5-6-15-40)39-32(38-27)35-12-18-43-20-22-45-23-21-44-19-13-36-33(42)46-34(2,3)4/h7-9,24-25,29,37H,5-6,10-23,26H2,1-4H3,(H,36,42)(H,35,38,39). The fourth-order valence-electron chi connectivity index (χ4n) is 5.52. The smallest absolute Gasteiger partial charge is 0.407 e. The number of nitrogens with one attached hydrogen (secondary N) is 3. The van der Waals surface area contributed by atoms with E-state index >= 15 is 0 Å². The SMILES string of the molecule is Cc1cc(N2CCC(NCc3cccc(N4CCCC4)c3)CC2)nc(NCCOCCOCCOCCNC(=O)OC(C)(C)C)n1. The average Bonchev–Trinajstić information content (AvgIpc) is 3.57. The Morgan fingerprint density at radius 2 is 1.54 bits per heavy atom. The molecular formula is C34H55N7O5. The van der Waals surface area contributed by atoms with E-state index < -0.39 is 11.7 Å². The van der Waals surface area contributed by atoms with E-state index in [0.29, 0.717) is 64.7 Å². The van der Waals surface area contributed by atoms with Crippen LogP contribution in [0.4, 0.5) is 22.2 Å². The number of carbonyl (C=O) groups excluding carboxylic acids is 1. The minimum Gasteiger partial charge on any atom is -0.444 e. The summed E-state index contributed by atoms with van der Waals surface area (Å²) < 4.78 is 21.8. The van der Waals surface area contributed by atoms with Crippen LogP contribution in [0.1, 0.15) is 57.7 Å². The number of aryl methyl sites for hydroxylation is 1. The summed E-state index contributed by atoms with van der Waals surface area (Å²) >= 11 is 0. The summed E-state index contributed by atoms with van der Waals surface area (Å²) in [4.78, 5) is 25.8. The van der Waals surface area contributed by atoms with Crippen LogP contribution in [0, 0.1) is 6.92 Å². The van der Waals surface area contributed by atoms with E-state index in [2.05, 4.69) is 61.1 Å². The van der Waals surface area contributed by atoms with Crippen molar-refractivity contribution in [1.82, 2.24) is 20.6 Å². The number of carbonyl (C=O) groups is 1. The van der Waals surface area contributed by atoms with Gasteiger partial charge in [0.1, 0.15) is 11.4 Å². The number of ether oxygens (including phenoxy) is 4. The van der Waals surface area contributed by atoms with Gasteiger partial charge in [0.15, 0.2) is 0 Å². The van der Waals surface area contributed by atoms with Crippen LogP contribution in [0.3, 0.4) is 0 Å². The molecule has 12 nitrogen and oxygen atoms in total. The van der Waals surface area contributed by atoms with Gasteiger partial charge in [0, 0.05) is 69.3 Å². The van der Waals surface area contributed by atoms with Crippen LogP contribution in [0.15, 0.2) is 30.3 Å². The molecule has 0 unspecified atom stereocenters. The fraction of sp³-hybridized carbons (Fsp3) is 0.676. The molecule has 0 atom stereocenters. The first-order valence-corrected chi connectivity index (χ1v) is 16.9. The summed E-state index contributed by atoms with van der Waals surface area (Å²) in [5.74, 6) is 1.61. The molecule has 12 heteroatoms. The molecular weight excluding hydrogens is 586 g/mol. The summed E-state index contributed by atoms with van der Waals surface area (Å²) in [6.07, 6.45) is 4.33. The van der Waals surface area contributed by atoms with Crippen LogP contribution < -0.4 is 25.8 Å². The highest BCUT2D eigenvalue weighted by atomic mass is 16.6. The first-order valence-electron chi connectivity index (χ1n) is 16.9. The molecule has 1 aromatic heterocycles. The Kier molecular flexibility index (Phi) is 14.6. The minimum atomic E-state index is -0.508. The Bertz CT molecular complexity index is 1180. The van der Waals surface area contributed by atoms with Gasteiger partial charge in [-0.1, -0.05) is 12.1 Å². The lowest BCUT2D eigenvalue weighted by atomic mass is 10.0. The second-order valence-corrected chi connectivity index (χ2v) is 12.9. The maximum Gasteiger partial charge on any atom is 0.407 e. The van der Waals surface area contributed by atoms with Crippen LogP contribution in [0.2, 0.25) is 0 Å². The van der Waals surface area contributed by atoms with Gasteiger partial charge in [-0.05, 0) is 71.1 Å². The van der Waals surface area contributed by atoms with Gasteiger partial charge in [-0.3, -0.25) is 0 Å². The highest BCUT2D eigenvalue weighted by Gasteiger charge is 2.21. The van der Waals surface area contributed by atoms with Gasteiger partial charge in [-0.15, -0.1) is 0 Å². The number of piperidine rings is 1. The lowest BCUT2D eigenvalue weighted by molar-refractivity contribution is 0.0157. The van der Waals surface area contributed by atoms with E-state index in [-0.39, 0.29) is 0 Å². The van der Waals surface area contributed by atoms with Crippen molar-refractivity contribution in [2.45, 2.75) is 71.6 Å². The second-order valence-electron chi connectivity index (χ2n) is 12.9. The van der Waals surface area contributed by atoms with Gasteiger partial charge >= 0.3 is 6.09 Å². The molecule has 0 aliphatic carbocycles. The van der Waals surface area contributed by atoms with Gasteiger partial charge in [0.25, 0.3) is 0 Å². The van der Waals surface area contributed by atoms with Crippen molar-refractivity contribution in [2.24, 2.45) is 0 Å². The quantitative estimate of drug-likeness (QED) is 0.204. The average molecular weight is 642 g/mol. The van der Waals surface area contributed by atoms with E-state index in [4.69, 9.17) is 23.9 Å². The van der Waals surface area contributed by atoms with E-state index in [0.717, 1.165) is 44.0 Å². The van der Waals surface area contributed by atoms with Crippen molar-refractivity contribution < 1.29 is 23.7 Å². The monoisotopic (exact) mass is 641 g/mol. The lowest BCUT2D eigenvalue weighted by Gasteiger charge is -2.33. The van der Waals surface area contributed by atoms with Crippen LogP contribution in [-0.2, 0) is 25.5 Å². The maximum absolute atomic E-state index is 11.6. The third-order valence-corrected chi connectivity index (χ3v) is 7.82. The molecule has 0 bridgehead atoms. The van der Waals surface area contributed by atoms with E-state index in [1.54, 1.807) is 0 Å². The zero-order chi connectivity index (χ0) is 32.6. The number of hydrogen-bond acceptors (Lipinski definition) is 11. The number of aromatic nitrogens is 2. The predicted octanol–water partition coefficient (Wildman–Crippen LogP) is 4.13. The van der Waals surface area contributed by atoms with Crippen molar-refractivity contribution in [3.05, 3.63) is 41.6 Å². The number of hydrogen-bond donors (Lipinski definition) is 3. The molecule has 2 aliphatic rings. The molecule has 0 radical (unpaired) electrons. The molecule has 1 amide bonds. The van der Waals surface area contributed by atoms with Crippen LogP contribution in [0.5, 0.6) is 0 Å². The first kappa shape index (κ1) is 35.7. The molecule has 46 heavy (non-hydrogen) atoms. The maximum atomic E-state index is 11.6. The topological polar surface area (TPSA) is 122 Å². The molecule has 2 fully saturated rings. The second kappa shape index (κ2) is 18.8. The minimum absolute atomic E-state index is 0.391. The van der Waals surface area contributed by atoms with E-state index in [9.17, 15) is 4.79 Å². The van der Waals surface area contributed by atoms with Crippen molar-refractivity contribution in [1.29, 1.82) is 0 Å². The molecule has 2 aliphatic heterocycles. The molecule has 3 heterocycles. The van der Waals surface area contributed by atoms with Crippen LogP contribution >= 0.6 is 0 Å². The Labute approximate surface area is 274 Å². The molecule has 3 N–H and O–H groups in total. The fourth-order valence-corrected chi connectivity index (χ4v) is 5.52. The number of amides is 1. The number of rotatable bonds is 18. The highest BCUT2D eigenvalue weighted by molar-refractivity contribution is 5.67. The molecule has 2 saturated heterocycles. The molecule has 2 aromatic rings. The first-order chi connectivity index (χ1) is 22.2. The van der Waals surface area contributed by atoms with Crippen LogP contribution in [0.25, 0.3) is 0 Å². The van der Waals surface area contributed by atoms with Gasteiger partial charge in [-0.2, -0.15) is 4.98 Å². The van der Waals surface area contributed by atoms with Crippen molar-refractivity contribution in [2.75, 3.05) is 94.0 Å². The number of benzene rings is 1. The molecule has 4 rings (SSSR count). The molecule has 0 spiro atoms. The van der Waals surface area contributed by atoms with Crippen molar-refractivity contribution in [3.63, 3.8) is 0 Å². The third kappa shape index (κ3) is 13.3. The third-order valence-electron chi connectivity index (χ3n) is 7.82. The predicted molar refractivity (Wildman–Crippen MR) is 182 cm³/mol. The normalized spacial score (nSPS) is 15.7. The molecule has 1 aromatic carbocycles. The lowest BCUT2D eigenvalue weighted by Crippen LogP contribution is -2.42. The van der Waals surface area contributed by atoms with Crippen molar-refractivity contribution >= 4 is 23.5 Å². The Morgan fingerprint density at radius 3 is 2.24 bits per heavy atom. The Morgan fingerprint density at radius 1 is 0.870 bits per heavy atom. The van der Waals surface area contributed by atoms with Crippen molar-refractivity contribution in [3.8, 4) is 0 Å². The van der Waals surface area contributed by atoms with Crippen LogP contribution in [-0.4, -0.2) is 107 Å². The molecule has 0 saturated carbocycles. The van der Waals surface area contributed by atoms with E-state index in [1.807, 2.05) is 27.7 Å². The summed E-state index contributed by atoms with van der Waals surface area (Å²) in [6, 6.07) is 11.6. The summed E-state index contributed by atoms with van der Waals surface area (Å²) in [7, 11) is 0.